The van der Waals surface area contributed by atoms with Gasteiger partial charge in [0.2, 0.25) is 5.91 Å². The number of nitrogens with zero attached hydrogens (tertiary/aromatic N) is 1. The van der Waals surface area contributed by atoms with Gasteiger partial charge in [-0.2, -0.15) is 13.2 Å². The van der Waals surface area contributed by atoms with Crippen molar-refractivity contribution >= 4 is 23.6 Å². The molecule has 3 atom stereocenters. The Kier molecular flexibility index (Phi) is 3.98. The standard InChI is InChI=1S/C11H14F3NO3S/c12-11(13,14)19-5-8(16)15-4-6-2-1-3-7(6)9(15)10(17)18/h6-7,9H,1-5H2,(H,17,18). The Balaban J connectivity index is 2.02. The molecular formula is C11H14F3NO3S. The lowest BCUT2D eigenvalue weighted by Crippen LogP contribution is -2.44. The van der Waals surface area contributed by atoms with Crippen molar-refractivity contribution in [3.8, 4) is 0 Å². The summed E-state index contributed by atoms with van der Waals surface area (Å²) in [7, 11) is 0. The summed E-state index contributed by atoms with van der Waals surface area (Å²) in [5.41, 5.74) is -4.47. The first kappa shape index (κ1) is 14.5. The zero-order valence-electron chi connectivity index (χ0n) is 10.0. The maximum absolute atomic E-state index is 12.1. The normalized spacial score (nSPS) is 30.5. The van der Waals surface area contributed by atoms with Crippen molar-refractivity contribution in [3.63, 3.8) is 0 Å². The predicted octanol–water partition coefficient (Wildman–Crippen LogP) is 1.95. The molecule has 0 aromatic heterocycles. The Morgan fingerprint density at radius 2 is 2.00 bits per heavy atom. The number of carbonyl (C=O) groups is 2. The first-order valence-electron chi connectivity index (χ1n) is 6.02. The van der Waals surface area contributed by atoms with E-state index in [1.54, 1.807) is 0 Å². The van der Waals surface area contributed by atoms with Gasteiger partial charge in [-0.05, 0) is 36.4 Å². The molecule has 0 spiro atoms. The van der Waals surface area contributed by atoms with Gasteiger partial charge in [-0.25, -0.2) is 4.79 Å². The van der Waals surface area contributed by atoms with Crippen molar-refractivity contribution in [2.75, 3.05) is 12.3 Å². The van der Waals surface area contributed by atoms with E-state index in [4.69, 9.17) is 0 Å². The van der Waals surface area contributed by atoms with E-state index >= 15 is 0 Å². The second-order valence-electron chi connectivity index (χ2n) is 4.92. The zero-order valence-corrected chi connectivity index (χ0v) is 10.8. The summed E-state index contributed by atoms with van der Waals surface area (Å²) in [5.74, 6) is -2.56. The average Bonchev–Trinajstić information content (AvgIpc) is 2.82. The van der Waals surface area contributed by atoms with E-state index in [0.29, 0.717) is 0 Å². The fourth-order valence-corrected chi connectivity index (χ4v) is 3.56. The molecule has 108 valence electrons. The Morgan fingerprint density at radius 1 is 1.32 bits per heavy atom. The van der Waals surface area contributed by atoms with Gasteiger partial charge < -0.3 is 10.0 Å². The van der Waals surface area contributed by atoms with Crippen molar-refractivity contribution in [1.82, 2.24) is 4.90 Å². The first-order chi connectivity index (χ1) is 8.79. The van der Waals surface area contributed by atoms with E-state index in [1.165, 1.54) is 0 Å². The highest BCUT2D eigenvalue weighted by molar-refractivity contribution is 8.00. The summed E-state index contributed by atoms with van der Waals surface area (Å²) in [6.45, 7) is 0.277. The van der Waals surface area contributed by atoms with Gasteiger partial charge >= 0.3 is 11.5 Å². The number of carboxylic acids is 1. The highest BCUT2D eigenvalue weighted by Gasteiger charge is 2.49. The fraction of sp³-hybridized carbons (Fsp3) is 0.818. The number of aliphatic carboxylic acids is 1. The van der Waals surface area contributed by atoms with Gasteiger partial charge in [0.15, 0.2) is 0 Å². The molecule has 4 nitrogen and oxygen atoms in total. The maximum atomic E-state index is 12.1. The lowest BCUT2D eigenvalue weighted by molar-refractivity contribution is -0.148. The number of hydrogen-bond acceptors (Lipinski definition) is 3. The third-order valence-corrected chi connectivity index (χ3v) is 4.54. The zero-order chi connectivity index (χ0) is 14.2. The summed E-state index contributed by atoms with van der Waals surface area (Å²) < 4.78 is 36.2. The van der Waals surface area contributed by atoms with Crippen molar-refractivity contribution < 1.29 is 27.9 Å². The Hall–Kier alpha value is -0.920. The summed E-state index contributed by atoms with van der Waals surface area (Å²) >= 11 is -0.414. The van der Waals surface area contributed by atoms with E-state index < -0.39 is 40.9 Å². The van der Waals surface area contributed by atoms with Gasteiger partial charge in [-0.3, -0.25) is 4.79 Å². The second-order valence-corrected chi connectivity index (χ2v) is 5.96. The second kappa shape index (κ2) is 5.22. The van der Waals surface area contributed by atoms with Gasteiger partial charge in [0.1, 0.15) is 6.04 Å². The van der Waals surface area contributed by atoms with E-state index in [-0.39, 0.29) is 18.4 Å². The predicted molar refractivity (Wildman–Crippen MR) is 62.5 cm³/mol. The fourth-order valence-electron chi connectivity index (χ4n) is 3.11. The lowest BCUT2D eigenvalue weighted by Gasteiger charge is -2.24. The van der Waals surface area contributed by atoms with Gasteiger partial charge in [0, 0.05) is 6.54 Å². The smallest absolute Gasteiger partial charge is 0.442 e. The van der Waals surface area contributed by atoms with Crippen LogP contribution in [0.1, 0.15) is 19.3 Å². The number of amides is 1. The molecule has 0 aromatic carbocycles. The third kappa shape index (κ3) is 3.16. The van der Waals surface area contributed by atoms with Gasteiger partial charge in [-0.1, -0.05) is 6.42 Å². The van der Waals surface area contributed by atoms with Gasteiger partial charge in [0.25, 0.3) is 0 Å². The number of carboxylic acid groups (broad SMARTS) is 1. The number of halogens is 3. The van der Waals surface area contributed by atoms with Crippen LogP contribution in [0.15, 0.2) is 0 Å². The van der Waals surface area contributed by atoms with Gasteiger partial charge in [-0.15, -0.1) is 0 Å². The van der Waals surface area contributed by atoms with Crippen LogP contribution >= 0.6 is 11.8 Å². The SMILES string of the molecule is O=C(O)C1C2CCCC2CN1C(=O)CSC(F)(F)F. The van der Waals surface area contributed by atoms with Crippen LogP contribution in [0.25, 0.3) is 0 Å². The number of rotatable bonds is 3. The minimum atomic E-state index is -4.47. The molecule has 2 aliphatic rings. The molecule has 2 rings (SSSR count). The molecule has 0 bridgehead atoms. The molecule has 8 heteroatoms. The molecule has 3 unspecified atom stereocenters. The number of likely N-dealkylation sites (tertiary alicyclic amines) is 1. The highest BCUT2D eigenvalue weighted by atomic mass is 32.2. The number of hydrogen-bond donors (Lipinski definition) is 1. The summed E-state index contributed by atoms with van der Waals surface area (Å²) in [6.07, 6.45) is 2.51. The van der Waals surface area contributed by atoms with E-state index in [9.17, 15) is 27.9 Å². The van der Waals surface area contributed by atoms with Crippen LogP contribution in [0.3, 0.4) is 0 Å². The highest BCUT2D eigenvalue weighted by Crippen LogP contribution is 2.42. The molecule has 0 radical (unpaired) electrons. The third-order valence-electron chi connectivity index (χ3n) is 3.82. The molecular weight excluding hydrogens is 283 g/mol. The monoisotopic (exact) mass is 297 g/mol. The molecule has 1 amide bonds. The van der Waals surface area contributed by atoms with Crippen LogP contribution in [0.2, 0.25) is 0 Å². The molecule has 2 fully saturated rings. The van der Waals surface area contributed by atoms with Crippen LogP contribution < -0.4 is 0 Å². The van der Waals surface area contributed by atoms with E-state index in [1.807, 2.05) is 0 Å². The molecule has 1 aliphatic carbocycles. The average molecular weight is 297 g/mol. The van der Waals surface area contributed by atoms with Gasteiger partial charge in [0.05, 0.1) is 5.75 Å². The van der Waals surface area contributed by atoms with Crippen LogP contribution in [0.5, 0.6) is 0 Å². The quantitative estimate of drug-likeness (QED) is 0.865. The molecule has 19 heavy (non-hydrogen) atoms. The van der Waals surface area contributed by atoms with Crippen molar-refractivity contribution in [2.24, 2.45) is 11.8 Å². The van der Waals surface area contributed by atoms with Crippen LogP contribution in [-0.2, 0) is 9.59 Å². The Bertz CT molecular complexity index is 388. The molecule has 1 saturated heterocycles. The largest absolute Gasteiger partial charge is 0.480 e. The maximum Gasteiger partial charge on any atom is 0.442 e. The number of fused-ring (bicyclic) bond motifs is 1. The Labute approximate surface area is 112 Å². The number of carbonyl (C=O) groups excluding carboxylic acids is 1. The van der Waals surface area contributed by atoms with Crippen LogP contribution in [0.4, 0.5) is 13.2 Å². The van der Waals surface area contributed by atoms with Crippen LogP contribution in [0, 0.1) is 11.8 Å². The van der Waals surface area contributed by atoms with Crippen molar-refractivity contribution in [1.29, 1.82) is 0 Å². The molecule has 1 saturated carbocycles. The lowest BCUT2D eigenvalue weighted by atomic mass is 9.94. The minimum absolute atomic E-state index is 0.0997. The molecule has 1 aliphatic heterocycles. The summed E-state index contributed by atoms with van der Waals surface area (Å²) in [4.78, 5) is 24.1. The van der Waals surface area contributed by atoms with Crippen LogP contribution in [-0.4, -0.2) is 45.7 Å². The first-order valence-corrected chi connectivity index (χ1v) is 7.01. The topological polar surface area (TPSA) is 57.6 Å². The molecule has 0 aromatic rings. The Morgan fingerprint density at radius 3 is 2.58 bits per heavy atom. The summed E-state index contributed by atoms with van der Waals surface area (Å²) in [5, 5.41) is 9.18. The molecule has 1 heterocycles. The number of thioether (sulfide) groups is 1. The van der Waals surface area contributed by atoms with E-state index in [0.717, 1.165) is 24.2 Å². The summed E-state index contributed by atoms with van der Waals surface area (Å²) in [6, 6.07) is -0.950. The molecule has 1 N–H and O–H groups in total. The van der Waals surface area contributed by atoms with E-state index in [2.05, 4.69) is 0 Å². The number of alkyl halides is 3. The van der Waals surface area contributed by atoms with Crippen molar-refractivity contribution in [3.05, 3.63) is 0 Å². The van der Waals surface area contributed by atoms with Crippen molar-refractivity contribution in [2.45, 2.75) is 30.8 Å². The minimum Gasteiger partial charge on any atom is -0.480 e.